The van der Waals surface area contributed by atoms with Crippen LogP contribution in [0.2, 0.25) is 0 Å². The maximum Gasteiger partial charge on any atom is 0.226 e. The van der Waals surface area contributed by atoms with Crippen LogP contribution in [0, 0.1) is 5.92 Å². The molecule has 1 aromatic carbocycles. The van der Waals surface area contributed by atoms with Gasteiger partial charge in [0.1, 0.15) is 28.5 Å². The first-order chi connectivity index (χ1) is 17.5. The third-order valence-electron chi connectivity index (χ3n) is 7.02. The average molecular weight is 506 g/mol. The number of aromatic nitrogens is 2. The van der Waals surface area contributed by atoms with Gasteiger partial charge in [0.25, 0.3) is 0 Å². The lowest BCUT2D eigenvalue weighted by Crippen LogP contribution is -2.43. The van der Waals surface area contributed by atoms with E-state index in [4.69, 9.17) is 4.74 Å². The summed E-state index contributed by atoms with van der Waals surface area (Å²) in [5, 5.41) is 7.71. The summed E-state index contributed by atoms with van der Waals surface area (Å²) in [6.07, 6.45) is 6.64. The average Bonchev–Trinajstić information content (AvgIpc) is 3.28. The number of ether oxygens (including phenoxy) is 1. The number of amides is 1. The molecular weight excluding hydrogens is 474 g/mol. The zero-order chi connectivity index (χ0) is 25.2. The molecule has 0 saturated carbocycles. The van der Waals surface area contributed by atoms with Gasteiger partial charge in [0.2, 0.25) is 5.91 Å². The van der Waals surface area contributed by atoms with Crippen molar-refractivity contribution in [1.29, 1.82) is 0 Å². The number of hydrogen-bond acceptors (Lipinski definition) is 8. The van der Waals surface area contributed by atoms with Crippen LogP contribution in [0.5, 0.6) is 5.75 Å². The molecule has 1 aliphatic heterocycles. The monoisotopic (exact) mass is 505 g/mol. The second kappa shape index (κ2) is 10.3. The lowest BCUT2D eigenvalue weighted by atomic mass is 9.86. The van der Waals surface area contributed by atoms with Crippen LogP contribution in [0.3, 0.4) is 0 Å². The van der Waals surface area contributed by atoms with Crippen molar-refractivity contribution in [1.82, 2.24) is 14.9 Å². The minimum atomic E-state index is -0.0445. The van der Waals surface area contributed by atoms with Gasteiger partial charge in [0.05, 0.1) is 17.7 Å². The second-order valence-electron chi connectivity index (χ2n) is 9.16. The Kier molecular flexibility index (Phi) is 6.91. The van der Waals surface area contributed by atoms with E-state index in [0.717, 1.165) is 51.6 Å². The van der Waals surface area contributed by atoms with Crippen molar-refractivity contribution in [2.75, 3.05) is 37.4 Å². The largest absolute Gasteiger partial charge is 0.492 e. The van der Waals surface area contributed by atoms with Crippen molar-refractivity contribution in [3.63, 3.8) is 0 Å². The van der Waals surface area contributed by atoms with Gasteiger partial charge in [0, 0.05) is 55.5 Å². The molecule has 8 nitrogen and oxygen atoms in total. The molecule has 1 fully saturated rings. The number of aryl methyl sites for hydroxylation is 1. The zero-order valence-corrected chi connectivity index (χ0v) is 21.5. The molecule has 1 aliphatic carbocycles. The van der Waals surface area contributed by atoms with E-state index < -0.39 is 0 Å². The van der Waals surface area contributed by atoms with E-state index in [2.05, 4.69) is 27.2 Å². The highest BCUT2D eigenvalue weighted by atomic mass is 32.1. The maximum atomic E-state index is 13.2. The fraction of sp³-hybridized carbons (Fsp3) is 0.407. The fourth-order valence-corrected chi connectivity index (χ4v) is 6.40. The lowest BCUT2D eigenvalue weighted by Gasteiger charge is -2.31. The number of ketones is 1. The molecule has 1 saturated heterocycles. The Balaban J connectivity index is 1.45. The molecule has 9 heteroatoms. The Morgan fingerprint density at radius 1 is 1.25 bits per heavy atom. The van der Waals surface area contributed by atoms with Gasteiger partial charge in [-0.1, -0.05) is 12.7 Å². The number of Topliss-reactive ketones (excluding diaryl/α,β-unsaturated/α-hetero) is 1. The summed E-state index contributed by atoms with van der Waals surface area (Å²) < 4.78 is 5.92. The zero-order valence-electron chi connectivity index (χ0n) is 20.7. The first kappa shape index (κ1) is 24.2. The van der Waals surface area contributed by atoms with Crippen molar-refractivity contribution in [3.8, 4) is 5.75 Å². The van der Waals surface area contributed by atoms with Crippen LogP contribution in [-0.2, 0) is 22.4 Å². The van der Waals surface area contributed by atoms with E-state index in [0.29, 0.717) is 39.0 Å². The van der Waals surface area contributed by atoms with Crippen LogP contribution in [-0.4, -0.2) is 53.3 Å². The van der Waals surface area contributed by atoms with Crippen LogP contribution >= 0.6 is 11.3 Å². The van der Waals surface area contributed by atoms with Gasteiger partial charge in [-0.15, -0.1) is 11.3 Å². The molecule has 2 N–H and O–H groups in total. The predicted molar refractivity (Wildman–Crippen MR) is 144 cm³/mol. The molecule has 0 bridgehead atoms. The van der Waals surface area contributed by atoms with E-state index in [1.807, 2.05) is 37.1 Å². The van der Waals surface area contributed by atoms with Gasteiger partial charge in [-0.25, -0.2) is 9.97 Å². The number of nitrogens with one attached hydrogen (secondary N) is 2. The third kappa shape index (κ3) is 4.55. The molecule has 1 atom stereocenters. The van der Waals surface area contributed by atoms with Gasteiger partial charge in [-0.05, 0) is 43.4 Å². The molecule has 1 amide bonds. The smallest absolute Gasteiger partial charge is 0.226 e. The Hall–Kier alpha value is -3.46. The van der Waals surface area contributed by atoms with Crippen molar-refractivity contribution >= 4 is 56.5 Å². The summed E-state index contributed by atoms with van der Waals surface area (Å²) in [5.74, 6) is 1.86. The van der Waals surface area contributed by atoms with Crippen LogP contribution in [0.25, 0.3) is 16.3 Å². The lowest BCUT2D eigenvalue weighted by molar-refractivity contribution is -0.138. The number of likely N-dealkylation sites (tertiary alicyclic amines) is 1. The number of hydrogen-bond donors (Lipinski definition) is 2. The highest BCUT2D eigenvalue weighted by Crippen LogP contribution is 2.42. The number of piperidine rings is 1. The fourth-order valence-electron chi connectivity index (χ4n) is 5.13. The van der Waals surface area contributed by atoms with E-state index >= 15 is 0 Å². The Bertz CT molecular complexity index is 1320. The highest BCUT2D eigenvalue weighted by molar-refractivity contribution is 7.19. The number of benzene rings is 1. The van der Waals surface area contributed by atoms with Crippen molar-refractivity contribution < 1.29 is 14.3 Å². The van der Waals surface area contributed by atoms with E-state index in [-0.39, 0.29) is 17.6 Å². The molecule has 3 heterocycles. The SMILES string of the molecule is C=Cc1cc(Nc2ncnc3sc4c(c23)CCC(C(=O)N2CCC(=O)CC2)C4)c(OCC)cc1NC. The summed E-state index contributed by atoms with van der Waals surface area (Å²) in [6, 6.07) is 3.98. The number of anilines is 3. The quantitative estimate of drug-likeness (QED) is 0.475. The molecule has 0 spiro atoms. The van der Waals surface area contributed by atoms with Crippen LogP contribution < -0.4 is 15.4 Å². The molecule has 3 aromatic rings. The number of fused-ring (bicyclic) bond motifs is 3. The van der Waals surface area contributed by atoms with Crippen LogP contribution in [0.15, 0.2) is 25.0 Å². The van der Waals surface area contributed by atoms with Crippen molar-refractivity contribution in [2.24, 2.45) is 5.92 Å². The maximum absolute atomic E-state index is 13.2. The Labute approximate surface area is 214 Å². The summed E-state index contributed by atoms with van der Waals surface area (Å²) in [4.78, 5) is 37.9. The Morgan fingerprint density at radius 2 is 2.06 bits per heavy atom. The topological polar surface area (TPSA) is 96.5 Å². The first-order valence-corrected chi connectivity index (χ1v) is 13.3. The molecular formula is C27H31N5O3S. The second-order valence-corrected chi connectivity index (χ2v) is 10.2. The Morgan fingerprint density at radius 3 is 2.78 bits per heavy atom. The molecule has 36 heavy (non-hydrogen) atoms. The number of carbonyl (C=O) groups excluding carboxylic acids is 2. The van der Waals surface area contributed by atoms with E-state index in [1.54, 1.807) is 17.7 Å². The van der Waals surface area contributed by atoms with Gasteiger partial charge >= 0.3 is 0 Å². The standard InChI is InChI=1S/C27H31N5O3S/c1-4-16-12-21(22(35-5-2)14-20(16)28-3)31-25-24-19-7-6-17(13-23(19)36-26(24)30-15-29-25)27(34)32-10-8-18(33)9-11-32/h4,12,14-15,17,28H,1,5-11,13H2,2-3H3,(H,29,30,31). The molecule has 0 radical (unpaired) electrons. The summed E-state index contributed by atoms with van der Waals surface area (Å²) in [5.41, 5.74) is 3.94. The van der Waals surface area contributed by atoms with E-state index in [1.165, 1.54) is 10.4 Å². The predicted octanol–water partition coefficient (Wildman–Crippen LogP) is 4.81. The molecule has 5 rings (SSSR count). The minimum absolute atomic E-state index is 0.0445. The number of carbonyl (C=O) groups is 2. The van der Waals surface area contributed by atoms with Crippen LogP contribution in [0.4, 0.5) is 17.2 Å². The number of rotatable bonds is 7. The highest BCUT2D eigenvalue weighted by Gasteiger charge is 2.33. The molecule has 188 valence electrons. The summed E-state index contributed by atoms with van der Waals surface area (Å²) >= 11 is 1.65. The van der Waals surface area contributed by atoms with Crippen molar-refractivity contribution in [3.05, 3.63) is 41.0 Å². The van der Waals surface area contributed by atoms with Gasteiger partial charge < -0.3 is 20.3 Å². The molecule has 2 aliphatic rings. The summed E-state index contributed by atoms with van der Waals surface area (Å²) in [7, 11) is 1.87. The molecule has 2 aromatic heterocycles. The van der Waals surface area contributed by atoms with E-state index in [9.17, 15) is 9.59 Å². The summed E-state index contributed by atoms with van der Waals surface area (Å²) in [6.45, 7) is 7.54. The number of thiophene rings is 1. The normalized spacial score (nSPS) is 17.6. The number of nitrogens with zero attached hydrogens (tertiary/aromatic N) is 3. The van der Waals surface area contributed by atoms with Gasteiger partial charge in [0.15, 0.2) is 0 Å². The molecule has 1 unspecified atom stereocenters. The van der Waals surface area contributed by atoms with Gasteiger partial charge in [-0.3, -0.25) is 9.59 Å². The van der Waals surface area contributed by atoms with Crippen LogP contribution in [0.1, 0.15) is 42.2 Å². The van der Waals surface area contributed by atoms with Crippen molar-refractivity contribution in [2.45, 2.75) is 39.0 Å². The first-order valence-electron chi connectivity index (χ1n) is 12.5. The van der Waals surface area contributed by atoms with Gasteiger partial charge in [-0.2, -0.15) is 0 Å². The minimum Gasteiger partial charge on any atom is -0.492 e. The third-order valence-corrected chi connectivity index (χ3v) is 8.18.